The molecule has 0 fully saturated rings. The van der Waals surface area contributed by atoms with Crippen LogP contribution in [0.25, 0.3) is 0 Å². The van der Waals surface area contributed by atoms with E-state index in [0.29, 0.717) is 16.9 Å². The Labute approximate surface area is 110 Å². The number of amides is 1. The van der Waals surface area contributed by atoms with E-state index in [0.717, 1.165) is 0 Å². The molecule has 0 unspecified atom stereocenters. The maximum Gasteiger partial charge on any atom is 0.249 e. The molecule has 1 amide bonds. The molecule has 5 nitrogen and oxygen atoms in total. The normalized spacial score (nSPS) is 10.1. The zero-order valence-electron chi connectivity index (χ0n) is 10.2. The number of nitrogens with two attached hydrogens (primary N) is 2. The van der Waals surface area contributed by atoms with Gasteiger partial charge in [0.15, 0.2) is 0 Å². The molecule has 0 aliphatic rings. The summed E-state index contributed by atoms with van der Waals surface area (Å²) in [5.41, 5.74) is 12.2. The molecule has 0 bridgehead atoms. The van der Waals surface area contributed by atoms with E-state index in [1.54, 1.807) is 36.4 Å². The molecule has 0 saturated carbocycles. The number of hydrogen-bond donors (Lipinski definition) is 3. The van der Waals surface area contributed by atoms with Crippen LogP contribution in [0.3, 0.4) is 0 Å². The number of primary amides is 1. The number of phenols is 1. The van der Waals surface area contributed by atoms with Gasteiger partial charge in [0.1, 0.15) is 23.8 Å². The number of anilines is 1. The standard InChI is InChI=1S/C14H14N2O3/c15-13-11(17)6-3-7-12(13)19-8-9-4-1-2-5-10(9)14(16)18/h1-7,17H,8,15H2,(H2,16,18). The van der Waals surface area contributed by atoms with E-state index in [-0.39, 0.29) is 18.0 Å². The molecule has 2 aromatic carbocycles. The number of rotatable bonds is 4. The van der Waals surface area contributed by atoms with Gasteiger partial charge in [-0.2, -0.15) is 0 Å². The molecule has 0 aliphatic carbocycles. The Bertz CT molecular complexity index is 611. The zero-order chi connectivity index (χ0) is 13.8. The van der Waals surface area contributed by atoms with Crippen molar-refractivity contribution in [1.29, 1.82) is 0 Å². The molecule has 0 aromatic heterocycles. The van der Waals surface area contributed by atoms with Gasteiger partial charge in [-0.1, -0.05) is 24.3 Å². The first kappa shape index (κ1) is 12.8. The lowest BCUT2D eigenvalue weighted by molar-refractivity contribution is 0.0998. The molecule has 5 heteroatoms. The van der Waals surface area contributed by atoms with E-state index in [1.165, 1.54) is 6.07 Å². The SMILES string of the molecule is NC(=O)c1ccccc1COc1cccc(O)c1N. The lowest BCUT2D eigenvalue weighted by atomic mass is 10.1. The van der Waals surface area contributed by atoms with E-state index in [1.807, 2.05) is 0 Å². The van der Waals surface area contributed by atoms with Crippen molar-refractivity contribution in [2.75, 3.05) is 5.73 Å². The zero-order valence-corrected chi connectivity index (χ0v) is 10.2. The molecule has 0 saturated heterocycles. The van der Waals surface area contributed by atoms with E-state index in [4.69, 9.17) is 16.2 Å². The van der Waals surface area contributed by atoms with Gasteiger partial charge in [0, 0.05) is 11.1 Å². The monoisotopic (exact) mass is 258 g/mol. The third-order valence-electron chi connectivity index (χ3n) is 2.71. The van der Waals surface area contributed by atoms with Crippen LogP contribution in [0.15, 0.2) is 42.5 Å². The van der Waals surface area contributed by atoms with Crippen LogP contribution in [0, 0.1) is 0 Å². The summed E-state index contributed by atoms with van der Waals surface area (Å²) in [4.78, 5) is 11.3. The van der Waals surface area contributed by atoms with Crippen LogP contribution in [-0.2, 0) is 6.61 Å². The number of carbonyl (C=O) groups is 1. The third kappa shape index (κ3) is 2.77. The molecule has 2 rings (SSSR count). The molecule has 19 heavy (non-hydrogen) atoms. The maximum atomic E-state index is 11.3. The van der Waals surface area contributed by atoms with Gasteiger partial charge in [-0.15, -0.1) is 0 Å². The van der Waals surface area contributed by atoms with Gasteiger partial charge in [-0.25, -0.2) is 0 Å². The van der Waals surface area contributed by atoms with Crippen molar-refractivity contribution < 1.29 is 14.6 Å². The quantitative estimate of drug-likeness (QED) is 0.573. The van der Waals surface area contributed by atoms with E-state index in [9.17, 15) is 9.90 Å². The van der Waals surface area contributed by atoms with Crippen molar-refractivity contribution in [3.63, 3.8) is 0 Å². The summed E-state index contributed by atoms with van der Waals surface area (Å²) in [7, 11) is 0. The Morgan fingerprint density at radius 3 is 2.63 bits per heavy atom. The smallest absolute Gasteiger partial charge is 0.249 e. The number of nitrogen functional groups attached to an aromatic ring is 1. The summed E-state index contributed by atoms with van der Waals surface area (Å²) in [6, 6.07) is 11.6. The molecule has 0 atom stereocenters. The number of aromatic hydroxyl groups is 1. The van der Waals surface area contributed by atoms with Gasteiger partial charge < -0.3 is 21.3 Å². The number of phenolic OH excluding ortho intramolecular Hbond substituents is 1. The molecule has 0 aliphatic heterocycles. The first-order valence-corrected chi connectivity index (χ1v) is 5.67. The number of benzene rings is 2. The molecule has 5 N–H and O–H groups in total. The summed E-state index contributed by atoms with van der Waals surface area (Å²) >= 11 is 0. The fourth-order valence-corrected chi connectivity index (χ4v) is 1.70. The maximum absolute atomic E-state index is 11.3. The lowest BCUT2D eigenvalue weighted by Crippen LogP contribution is -2.14. The van der Waals surface area contributed by atoms with Crippen LogP contribution in [0.1, 0.15) is 15.9 Å². The molecule has 98 valence electrons. The van der Waals surface area contributed by atoms with Crippen LogP contribution in [0.4, 0.5) is 5.69 Å². The van der Waals surface area contributed by atoms with Gasteiger partial charge in [0.2, 0.25) is 5.91 Å². The second kappa shape index (κ2) is 5.30. The number of ether oxygens (including phenoxy) is 1. The van der Waals surface area contributed by atoms with Crippen molar-refractivity contribution in [3.05, 3.63) is 53.6 Å². The average molecular weight is 258 g/mol. The second-order valence-corrected chi connectivity index (χ2v) is 4.00. The highest BCUT2D eigenvalue weighted by molar-refractivity contribution is 5.94. The van der Waals surface area contributed by atoms with Crippen molar-refractivity contribution >= 4 is 11.6 Å². The fraction of sp³-hybridized carbons (Fsp3) is 0.0714. The second-order valence-electron chi connectivity index (χ2n) is 4.00. The molecule has 2 aromatic rings. The van der Waals surface area contributed by atoms with Crippen LogP contribution in [0.5, 0.6) is 11.5 Å². The number of hydrogen-bond acceptors (Lipinski definition) is 4. The minimum atomic E-state index is -0.511. The Morgan fingerprint density at radius 1 is 1.16 bits per heavy atom. The number of para-hydroxylation sites is 1. The number of carbonyl (C=O) groups excluding carboxylic acids is 1. The molecular formula is C14H14N2O3. The largest absolute Gasteiger partial charge is 0.506 e. The van der Waals surface area contributed by atoms with Crippen LogP contribution < -0.4 is 16.2 Å². The van der Waals surface area contributed by atoms with Crippen molar-refractivity contribution in [2.45, 2.75) is 6.61 Å². The van der Waals surface area contributed by atoms with Crippen LogP contribution in [-0.4, -0.2) is 11.0 Å². The predicted molar refractivity (Wildman–Crippen MR) is 71.8 cm³/mol. The van der Waals surface area contributed by atoms with Gasteiger partial charge in [-0.05, 0) is 18.2 Å². The molecule has 0 heterocycles. The van der Waals surface area contributed by atoms with E-state index >= 15 is 0 Å². The van der Waals surface area contributed by atoms with E-state index < -0.39 is 5.91 Å². The molecule has 0 spiro atoms. The summed E-state index contributed by atoms with van der Waals surface area (Å²) in [5.74, 6) is -0.192. The highest BCUT2D eigenvalue weighted by Crippen LogP contribution is 2.30. The van der Waals surface area contributed by atoms with Gasteiger partial charge in [0.25, 0.3) is 0 Å². The first-order valence-electron chi connectivity index (χ1n) is 5.67. The molecule has 0 radical (unpaired) electrons. The fourth-order valence-electron chi connectivity index (χ4n) is 1.70. The summed E-state index contributed by atoms with van der Waals surface area (Å²) in [6.07, 6.45) is 0. The highest BCUT2D eigenvalue weighted by atomic mass is 16.5. The highest BCUT2D eigenvalue weighted by Gasteiger charge is 2.09. The van der Waals surface area contributed by atoms with Gasteiger partial charge in [0.05, 0.1) is 0 Å². The lowest BCUT2D eigenvalue weighted by Gasteiger charge is -2.11. The van der Waals surface area contributed by atoms with Gasteiger partial charge in [-0.3, -0.25) is 4.79 Å². The minimum Gasteiger partial charge on any atom is -0.506 e. The van der Waals surface area contributed by atoms with Crippen LogP contribution >= 0.6 is 0 Å². The minimum absolute atomic E-state index is 0.0410. The van der Waals surface area contributed by atoms with E-state index in [2.05, 4.69) is 0 Å². The third-order valence-corrected chi connectivity index (χ3v) is 2.71. The summed E-state index contributed by atoms with van der Waals surface area (Å²) in [6.45, 7) is 0.146. The Kier molecular flexibility index (Phi) is 3.56. The summed E-state index contributed by atoms with van der Waals surface area (Å²) < 4.78 is 5.50. The Hall–Kier alpha value is -2.69. The van der Waals surface area contributed by atoms with Crippen LogP contribution in [0.2, 0.25) is 0 Å². The summed E-state index contributed by atoms with van der Waals surface area (Å²) in [5, 5.41) is 9.46. The van der Waals surface area contributed by atoms with Gasteiger partial charge >= 0.3 is 0 Å². The van der Waals surface area contributed by atoms with Crippen molar-refractivity contribution in [2.24, 2.45) is 5.73 Å². The van der Waals surface area contributed by atoms with Crippen molar-refractivity contribution in [3.8, 4) is 11.5 Å². The topological polar surface area (TPSA) is 98.6 Å². The predicted octanol–water partition coefficient (Wildman–Crippen LogP) is 1.65. The Balaban J connectivity index is 2.19. The molecular weight excluding hydrogens is 244 g/mol. The Morgan fingerprint density at radius 2 is 1.89 bits per heavy atom. The van der Waals surface area contributed by atoms with Crippen molar-refractivity contribution in [1.82, 2.24) is 0 Å². The first-order chi connectivity index (χ1) is 9.09. The average Bonchev–Trinajstić information content (AvgIpc) is 2.40.